The minimum absolute atomic E-state index is 0.186. The van der Waals surface area contributed by atoms with Gasteiger partial charge in [0.2, 0.25) is 0 Å². The molecule has 3 atom stereocenters. The molecule has 5 heteroatoms. The van der Waals surface area contributed by atoms with Crippen molar-refractivity contribution in [2.45, 2.75) is 31.6 Å². The zero-order valence-electron chi connectivity index (χ0n) is 10.4. The van der Waals surface area contributed by atoms with Crippen molar-refractivity contribution in [3.8, 4) is 0 Å². The second kappa shape index (κ2) is 6.15. The Balaban J connectivity index is 2.53. The van der Waals surface area contributed by atoms with Crippen molar-refractivity contribution in [3.05, 3.63) is 18.0 Å². The molecule has 1 aromatic heterocycles. The van der Waals surface area contributed by atoms with E-state index < -0.39 is 10.8 Å². The molecule has 0 spiro atoms. The lowest BCUT2D eigenvalue weighted by Crippen LogP contribution is -2.30. The van der Waals surface area contributed by atoms with Crippen LogP contribution in [0.4, 0.5) is 0 Å². The monoisotopic (exact) mass is 243 g/mol. The molecule has 0 aliphatic carbocycles. The van der Waals surface area contributed by atoms with Gasteiger partial charge in [-0.1, -0.05) is 6.92 Å². The minimum atomic E-state index is -0.763. The highest BCUT2D eigenvalue weighted by molar-refractivity contribution is 7.84. The molecular formula is C11H21N3OS. The summed E-state index contributed by atoms with van der Waals surface area (Å²) in [6, 6.07) is 0.305. The highest BCUT2D eigenvalue weighted by Crippen LogP contribution is 2.15. The number of hydrogen-bond acceptors (Lipinski definition) is 3. The number of aryl methyl sites for hydroxylation is 1. The predicted octanol–water partition coefficient (Wildman–Crippen LogP) is 1.23. The van der Waals surface area contributed by atoms with Crippen LogP contribution < -0.4 is 5.32 Å². The van der Waals surface area contributed by atoms with E-state index in [1.54, 1.807) is 10.9 Å². The van der Waals surface area contributed by atoms with Crippen LogP contribution in [0.1, 0.15) is 31.9 Å². The van der Waals surface area contributed by atoms with E-state index in [1.165, 1.54) is 5.56 Å². The summed E-state index contributed by atoms with van der Waals surface area (Å²) in [5.74, 6) is 0. The van der Waals surface area contributed by atoms with Crippen LogP contribution in [0.3, 0.4) is 0 Å². The van der Waals surface area contributed by atoms with E-state index in [9.17, 15) is 4.21 Å². The summed E-state index contributed by atoms with van der Waals surface area (Å²) in [5.41, 5.74) is 1.19. The molecule has 0 radical (unpaired) electrons. The molecule has 0 fully saturated rings. The summed E-state index contributed by atoms with van der Waals surface area (Å²) >= 11 is 0. The third-order valence-corrected chi connectivity index (χ3v) is 4.05. The van der Waals surface area contributed by atoms with Crippen LogP contribution in [-0.2, 0) is 17.8 Å². The van der Waals surface area contributed by atoms with E-state index in [0.29, 0.717) is 6.04 Å². The Morgan fingerprint density at radius 3 is 2.75 bits per heavy atom. The summed E-state index contributed by atoms with van der Waals surface area (Å²) in [4.78, 5) is 0. The fraction of sp³-hybridized carbons (Fsp3) is 0.727. The molecule has 3 unspecified atom stereocenters. The zero-order chi connectivity index (χ0) is 12.1. The molecule has 1 aromatic rings. The van der Waals surface area contributed by atoms with Crippen LogP contribution in [-0.4, -0.2) is 32.0 Å². The quantitative estimate of drug-likeness (QED) is 0.817. The Bertz CT molecular complexity index is 351. The third-order valence-electron chi connectivity index (χ3n) is 2.75. The van der Waals surface area contributed by atoms with E-state index in [2.05, 4.69) is 17.3 Å². The van der Waals surface area contributed by atoms with Crippen LogP contribution in [0.5, 0.6) is 0 Å². The van der Waals surface area contributed by atoms with Gasteiger partial charge >= 0.3 is 0 Å². The molecule has 1 rings (SSSR count). The van der Waals surface area contributed by atoms with Crippen LogP contribution >= 0.6 is 0 Å². The van der Waals surface area contributed by atoms with E-state index in [1.807, 2.05) is 26.4 Å². The Hall–Kier alpha value is -0.680. The van der Waals surface area contributed by atoms with Gasteiger partial charge in [0.1, 0.15) is 0 Å². The minimum Gasteiger partial charge on any atom is -0.309 e. The Morgan fingerprint density at radius 1 is 1.62 bits per heavy atom. The zero-order valence-corrected chi connectivity index (χ0v) is 11.3. The first-order chi connectivity index (χ1) is 7.54. The SMILES string of the molecule is CCC(NCC(C)S(C)=O)c1cnn(C)c1. The van der Waals surface area contributed by atoms with Crippen molar-refractivity contribution >= 4 is 10.8 Å². The second-order valence-corrected chi connectivity index (χ2v) is 5.93. The van der Waals surface area contributed by atoms with Crippen molar-refractivity contribution < 1.29 is 4.21 Å². The summed E-state index contributed by atoms with van der Waals surface area (Å²) in [7, 11) is 1.15. The van der Waals surface area contributed by atoms with Crippen molar-refractivity contribution in [1.29, 1.82) is 0 Å². The van der Waals surface area contributed by atoms with Crippen molar-refractivity contribution in [3.63, 3.8) is 0 Å². The van der Waals surface area contributed by atoms with Crippen molar-refractivity contribution in [2.24, 2.45) is 7.05 Å². The summed E-state index contributed by atoms with van der Waals surface area (Å²) in [5, 5.41) is 7.78. The standard InChI is InChI=1S/C11H21N3OS/c1-5-11(10-7-13-14(3)8-10)12-6-9(2)16(4)15/h7-9,11-12H,5-6H2,1-4H3. The summed E-state index contributed by atoms with van der Waals surface area (Å²) in [6.07, 6.45) is 6.66. The molecule has 92 valence electrons. The van der Waals surface area contributed by atoms with Gasteiger partial charge in [-0.2, -0.15) is 5.10 Å². The number of rotatable bonds is 6. The maximum absolute atomic E-state index is 11.2. The maximum atomic E-state index is 11.2. The predicted molar refractivity (Wildman–Crippen MR) is 67.8 cm³/mol. The maximum Gasteiger partial charge on any atom is 0.0537 e. The van der Waals surface area contributed by atoms with Gasteiger partial charge in [0, 0.05) is 53.7 Å². The number of hydrogen-bond donors (Lipinski definition) is 1. The molecule has 0 saturated heterocycles. The Morgan fingerprint density at radius 2 is 2.31 bits per heavy atom. The molecular weight excluding hydrogens is 222 g/mol. The van der Waals surface area contributed by atoms with Crippen LogP contribution in [0, 0.1) is 0 Å². The van der Waals surface area contributed by atoms with Crippen LogP contribution in [0.2, 0.25) is 0 Å². The molecule has 1 heterocycles. The molecule has 4 nitrogen and oxygen atoms in total. The largest absolute Gasteiger partial charge is 0.309 e. The molecule has 0 aliphatic rings. The Kier molecular flexibility index (Phi) is 5.15. The first-order valence-corrected chi connectivity index (χ1v) is 7.20. The molecule has 0 bridgehead atoms. The first-order valence-electron chi connectivity index (χ1n) is 5.58. The van der Waals surface area contributed by atoms with Crippen molar-refractivity contribution in [2.75, 3.05) is 12.8 Å². The lowest BCUT2D eigenvalue weighted by atomic mass is 10.1. The van der Waals surface area contributed by atoms with E-state index in [-0.39, 0.29) is 5.25 Å². The average molecular weight is 243 g/mol. The highest BCUT2D eigenvalue weighted by Gasteiger charge is 2.13. The fourth-order valence-corrected chi connectivity index (χ4v) is 1.87. The van der Waals surface area contributed by atoms with E-state index in [0.717, 1.165) is 13.0 Å². The molecule has 1 N–H and O–H groups in total. The summed E-state index contributed by atoms with van der Waals surface area (Å²) in [6.45, 7) is 4.91. The molecule has 0 saturated carbocycles. The van der Waals surface area contributed by atoms with Gasteiger partial charge in [0.25, 0.3) is 0 Å². The number of aromatic nitrogens is 2. The van der Waals surface area contributed by atoms with Gasteiger partial charge in [-0.15, -0.1) is 0 Å². The fourth-order valence-electron chi connectivity index (χ4n) is 1.54. The third kappa shape index (κ3) is 3.72. The smallest absolute Gasteiger partial charge is 0.0537 e. The highest BCUT2D eigenvalue weighted by atomic mass is 32.2. The molecule has 0 aromatic carbocycles. The normalized spacial score (nSPS) is 17.0. The van der Waals surface area contributed by atoms with Crippen LogP contribution in [0.15, 0.2) is 12.4 Å². The van der Waals surface area contributed by atoms with E-state index in [4.69, 9.17) is 0 Å². The second-order valence-electron chi connectivity index (χ2n) is 4.13. The Labute approximate surface area is 99.9 Å². The van der Waals surface area contributed by atoms with Gasteiger partial charge in [-0.05, 0) is 13.3 Å². The first kappa shape index (κ1) is 13.4. The van der Waals surface area contributed by atoms with Gasteiger partial charge in [0.15, 0.2) is 0 Å². The van der Waals surface area contributed by atoms with E-state index >= 15 is 0 Å². The summed E-state index contributed by atoms with van der Waals surface area (Å²) < 4.78 is 13.0. The van der Waals surface area contributed by atoms with Crippen molar-refractivity contribution in [1.82, 2.24) is 15.1 Å². The molecule has 0 amide bonds. The van der Waals surface area contributed by atoms with Gasteiger partial charge in [0.05, 0.1) is 6.20 Å². The lowest BCUT2D eigenvalue weighted by molar-refractivity contribution is 0.518. The lowest BCUT2D eigenvalue weighted by Gasteiger charge is -2.17. The van der Waals surface area contributed by atoms with Gasteiger partial charge in [-0.3, -0.25) is 8.89 Å². The molecule has 16 heavy (non-hydrogen) atoms. The average Bonchev–Trinajstić information content (AvgIpc) is 2.65. The number of nitrogens with zero attached hydrogens (tertiary/aromatic N) is 2. The van der Waals surface area contributed by atoms with Gasteiger partial charge < -0.3 is 5.32 Å². The van der Waals surface area contributed by atoms with Crippen LogP contribution in [0.25, 0.3) is 0 Å². The van der Waals surface area contributed by atoms with Gasteiger partial charge in [-0.25, -0.2) is 0 Å². The molecule has 0 aliphatic heterocycles. The number of nitrogens with one attached hydrogen (secondary N) is 1. The topological polar surface area (TPSA) is 46.9 Å².